The monoisotopic (exact) mass is 619 g/mol. The molecular formula is C29H46O10S2. The van der Waals surface area contributed by atoms with E-state index in [-0.39, 0.29) is 32.4 Å². The quantitative estimate of drug-likeness (QED) is 0.195. The Morgan fingerprint density at radius 3 is 1.59 bits per heavy atom. The Hall–Kier alpha value is -3.12. The summed E-state index contributed by atoms with van der Waals surface area (Å²) < 4.78 is 59.3. The van der Waals surface area contributed by atoms with Gasteiger partial charge in [0.2, 0.25) is 0 Å². The summed E-state index contributed by atoms with van der Waals surface area (Å²) in [5.41, 5.74) is 0.810. The van der Waals surface area contributed by atoms with Crippen molar-refractivity contribution in [3.05, 3.63) is 47.5 Å². The normalized spacial score (nSPS) is 10.2. The molecule has 2 aromatic rings. The smallest absolute Gasteiger partial charge is 0.338 e. The van der Waals surface area contributed by atoms with Crippen LogP contribution in [-0.4, -0.2) is 85.0 Å². The molecule has 0 aliphatic rings. The number of ether oxygens (including phenoxy) is 6. The minimum atomic E-state index is -3.08. The molecule has 0 aliphatic carbocycles. The maximum Gasteiger partial charge on any atom is 0.338 e. The molecule has 0 amide bonds. The summed E-state index contributed by atoms with van der Waals surface area (Å²) in [6.45, 7) is 7.05. The third-order valence-electron chi connectivity index (χ3n) is 4.61. The highest BCUT2D eigenvalue weighted by Crippen LogP contribution is 2.29. The molecule has 41 heavy (non-hydrogen) atoms. The number of thioether (sulfide) groups is 1. The van der Waals surface area contributed by atoms with E-state index >= 15 is 0 Å². The maximum atomic E-state index is 11.6. The molecule has 0 aliphatic heterocycles. The van der Waals surface area contributed by atoms with Crippen LogP contribution in [0.3, 0.4) is 0 Å². The van der Waals surface area contributed by atoms with E-state index < -0.39 is 15.8 Å². The summed E-state index contributed by atoms with van der Waals surface area (Å²) in [6, 6.07) is 9.62. The van der Waals surface area contributed by atoms with Gasteiger partial charge in [-0.2, -0.15) is 11.8 Å². The second-order valence-corrected chi connectivity index (χ2v) is 10.7. The van der Waals surface area contributed by atoms with Gasteiger partial charge < -0.3 is 28.4 Å². The second-order valence-electron chi connectivity index (χ2n) is 7.49. The molecule has 0 heterocycles. The molecule has 0 fully saturated rings. The number of hydrogen-bond acceptors (Lipinski definition) is 11. The molecule has 0 aromatic heterocycles. The van der Waals surface area contributed by atoms with Crippen molar-refractivity contribution < 1.29 is 47.8 Å². The van der Waals surface area contributed by atoms with E-state index in [0.717, 1.165) is 12.0 Å². The van der Waals surface area contributed by atoms with Crippen molar-refractivity contribution >= 4 is 33.5 Å². The van der Waals surface area contributed by atoms with Crippen molar-refractivity contribution in [1.82, 2.24) is 0 Å². The minimum absolute atomic E-state index is 0. The van der Waals surface area contributed by atoms with Crippen LogP contribution in [-0.2, 0) is 19.3 Å². The number of sulfone groups is 1. The van der Waals surface area contributed by atoms with E-state index in [9.17, 15) is 18.0 Å². The summed E-state index contributed by atoms with van der Waals surface area (Å²) in [4.78, 5) is 23.1. The first kappa shape index (κ1) is 37.9. The van der Waals surface area contributed by atoms with Gasteiger partial charge >= 0.3 is 11.9 Å². The average Bonchev–Trinajstić information content (AvgIpc) is 2.93. The average molecular weight is 620 g/mol. The lowest BCUT2D eigenvalue weighted by molar-refractivity contribution is 0.0516. The van der Waals surface area contributed by atoms with Gasteiger partial charge in [0.1, 0.15) is 6.61 Å². The van der Waals surface area contributed by atoms with Crippen LogP contribution in [0, 0.1) is 0 Å². The number of rotatable bonds is 14. The molecule has 0 unspecified atom stereocenters. The van der Waals surface area contributed by atoms with Gasteiger partial charge in [0.05, 0.1) is 50.9 Å². The fraction of sp³-hybridized carbons (Fsp3) is 0.517. The molecular weight excluding hydrogens is 572 g/mol. The molecule has 2 rings (SSSR count). The molecule has 0 bridgehead atoms. The fourth-order valence-corrected chi connectivity index (χ4v) is 3.43. The molecule has 234 valence electrons. The Balaban J connectivity index is 0. The van der Waals surface area contributed by atoms with Crippen molar-refractivity contribution in [2.45, 2.75) is 35.1 Å². The Kier molecular flexibility index (Phi) is 20.8. The molecule has 10 nitrogen and oxygen atoms in total. The third kappa shape index (κ3) is 16.0. The van der Waals surface area contributed by atoms with Crippen LogP contribution in [0.5, 0.6) is 23.0 Å². The van der Waals surface area contributed by atoms with Crippen LogP contribution in [0.1, 0.15) is 57.2 Å². The second kappa shape index (κ2) is 22.6. The first-order chi connectivity index (χ1) is 19.5. The standard InChI is InChI=1S/C13H18O6S.C13H18O4S.C2H6.CH4/c1-4-18-13(14)10-5-6-11(12(9-10)17-2)19-7-8-20(3,15)16;1-4-16-13(14)10-5-6-11(12(9-10)15-2)17-7-8-18-3;1-2;/h5-6,9H,4,7-8H2,1-3H3;5-6,9H,4,7-8H2,1-3H3;1-2H3;1H4/i;;1D;. The predicted octanol–water partition coefficient (Wildman–Crippen LogP) is 5.57. The SMILES string of the molecule is C.CCOC(=O)c1ccc(OCCS(C)(=O)=O)c(OC)c1.CCOC(=O)c1ccc(OCCSC)c(OC)c1.[2H]CC. The van der Waals surface area contributed by atoms with Crippen molar-refractivity contribution in [2.75, 3.05) is 64.7 Å². The highest BCUT2D eigenvalue weighted by molar-refractivity contribution is 7.98. The summed E-state index contributed by atoms with van der Waals surface area (Å²) in [6.07, 6.45) is 3.15. The topological polar surface area (TPSA) is 124 Å². The first-order valence-electron chi connectivity index (χ1n) is 13.1. The fourth-order valence-electron chi connectivity index (χ4n) is 2.79. The van der Waals surface area contributed by atoms with Crippen LogP contribution < -0.4 is 18.9 Å². The van der Waals surface area contributed by atoms with Crippen molar-refractivity contribution in [2.24, 2.45) is 0 Å². The van der Waals surface area contributed by atoms with Gasteiger partial charge in [-0.25, -0.2) is 18.0 Å². The Labute approximate surface area is 251 Å². The minimum Gasteiger partial charge on any atom is -0.493 e. The number of hydrogen-bond donors (Lipinski definition) is 0. The highest BCUT2D eigenvalue weighted by atomic mass is 32.2. The van der Waals surface area contributed by atoms with Crippen LogP contribution in [0.4, 0.5) is 0 Å². The van der Waals surface area contributed by atoms with Gasteiger partial charge in [0.15, 0.2) is 32.8 Å². The first-order valence-corrected chi connectivity index (χ1v) is 15.9. The van der Waals surface area contributed by atoms with Crippen LogP contribution >= 0.6 is 11.8 Å². The van der Waals surface area contributed by atoms with E-state index in [4.69, 9.17) is 29.8 Å². The lowest BCUT2D eigenvalue weighted by atomic mass is 10.2. The molecule has 0 spiro atoms. The van der Waals surface area contributed by atoms with Crippen LogP contribution in [0.2, 0.25) is 0 Å². The summed E-state index contributed by atoms with van der Waals surface area (Å²) >= 11 is 1.71. The molecule has 0 radical (unpaired) electrons. The van der Waals surface area contributed by atoms with Gasteiger partial charge in [-0.05, 0) is 56.5 Å². The van der Waals surface area contributed by atoms with Gasteiger partial charge in [0.25, 0.3) is 0 Å². The zero-order chi connectivity index (χ0) is 31.3. The van der Waals surface area contributed by atoms with Crippen LogP contribution in [0.15, 0.2) is 36.4 Å². The van der Waals surface area contributed by atoms with Gasteiger partial charge in [-0.15, -0.1) is 0 Å². The zero-order valence-electron chi connectivity index (χ0n) is 25.3. The van der Waals surface area contributed by atoms with E-state index in [1.807, 2.05) is 6.26 Å². The summed E-state index contributed by atoms with van der Waals surface area (Å²) in [7, 11) is -0.0972. The van der Waals surface area contributed by atoms with Gasteiger partial charge in [-0.3, -0.25) is 0 Å². The van der Waals surface area contributed by atoms with Crippen LogP contribution in [0.25, 0.3) is 0 Å². The summed E-state index contributed by atoms with van der Waals surface area (Å²) in [5.74, 6) is 1.92. The number of carbonyl (C=O) groups is 2. The molecule has 12 heteroatoms. The van der Waals surface area contributed by atoms with Gasteiger partial charge in [0, 0.05) is 13.4 Å². The highest BCUT2D eigenvalue weighted by Gasteiger charge is 2.13. The van der Waals surface area contributed by atoms with E-state index in [1.54, 1.807) is 63.9 Å². The number of methoxy groups -OCH3 is 2. The Bertz CT molecular complexity index is 1160. The Morgan fingerprint density at radius 2 is 1.24 bits per heavy atom. The predicted molar refractivity (Wildman–Crippen MR) is 165 cm³/mol. The maximum absolute atomic E-state index is 11.6. The van der Waals surface area contributed by atoms with Gasteiger partial charge in [-0.1, -0.05) is 21.3 Å². The number of esters is 2. The molecule has 0 saturated heterocycles. The lowest BCUT2D eigenvalue weighted by Gasteiger charge is -2.11. The van der Waals surface area contributed by atoms with Crippen molar-refractivity contribution in [3.8, 4) is 23.0 Å². The molecule has 0 N–H and O–H groups in total. The van der Waals surface area contributed by atoms with Crippen molar-refractivity contribution in [1.29, 1.82) is 0 Å². The van der Waals surface area contributed by atoms with E-state index in [0.29, 0.717) is 54.2 Å². The van der Waals surface area contributed by atoms with E-state index in [2.05, 4.69) is 0 Å². The largest absolute Gasteiger partial charge is 0.493 e. The van der Waals surface area contributed by atoms with E-state index in [1.165, 1.54) is 19.2 Å². The molecule has 0 atom stereocenters. The molecule has 0 saturated carbocycles. The Morgan fingerprint density at radius 1 is 0.829 bits per heavy atom. The summed E-state index contributed by atoms with van der Waals surface area (Å²) in [5, 5.41) is 0. The lowest BCUT2D eigenvalue weighted by Crippen LogP contribution is -2.12. The number of benzene rings is 2. The number of carbonyl (C=O) groups excluding carboxylic acids is 2. The van der Waals surface area contributed by atoms with Crippen molar-refractivity contribution in [3.63, 3.8) is 0 Å². The zero-order valence-corrected chi connectivity index (χ0v) is 25.9. The third-order valence-corrected chi connectivity index (χ3v) is 6.09. The molecule has 2 aromatic carbocycles.